The van der Waals surface area contributed by atoms with Crippen LogP contribution in [0, 0.1) is 46.3 Å². The van der Waals surface area contributed by atoms with Crippen LogP contribution < -0.4 is 5.73 Å². The highest BCUT2D eigenvalue weighted by molar-refractivity contribution is 5.71. The van der Waals surface area contributed by atoms with Crippen LogP contribution in [-0.2, 0) is 16.0 Å². The second kappa shape index (κ2) is 9.34. The number of carboxylic acids is 1. The van der Waals surface area contributed by atoms with E-state index in [-0.39, 0.29) is 29.3 Å². The zero-order valence-corrected chi connectivity index (χ0v) is 21.8. The Morgan fingerprint density at radius 1 is 1.00 bits per heavy atom. The van der Waals surface area contributed by atoms with Crippen molar-refractivity contribution >= 4 is 12.1 Å². The van der Waals surface area contributed by atoms with Crippen LogP contribution >= 0.6 is 0 Å². The molecule has 6 heteroatoms. The lowest BCUT2D eigenvalue weighted by molar-refractivity contribution is -0.172. The molecule has 0 aromatic heterocycles. The van der Waals surface area contributed by atoms with Crippen LogP contribution in [0.2, 0.25) is 0 Å². The number of ether oxygens (including phenoxy) is 1. The maximum absolute atomic E-state index is 12.1. The molecule has 1 amide bonds. The van der Waals surface area contributed by atoms with Gasteiger partial charge in [0.25, 0.3) is 0 Å². The second-order valence-corrected chi connectivity index (χ2v) is 12.9. The van der Waals surface area contributed by atoms with E-state index in [2.05, 4.69) is 26.0 Å². The molecule has 5 rings (SSSR count). The molecule has 4 aliphatic rings. The largest absolute Gasteiger partial charge is 0.481 e. The van der Waals surface area contributed by atoms with E-state index < -0.39 is 17.7 Å². The Labute approximate surface area is 215 Å². The summed E-state index contributed by atoms with van der Waals surface area (Å²) in [5, 5.41) is 20.4. The highest BCUT2D eigenvalue weighted by atomic mass is 16.6. The van der Waals surface area contributed by atoms with Crippen molar-refractivity contribution in [2.75, 3.05) is 6.61 Å². The summed E-state index contributed by atoms with van der Waals surface area (Å²) >= 11 is 0. The summed E-state index contributed by atoms with van der Waals surface area (Å²) in [6.45, 7) is 4.64. The van der Waals surface area contributed by atoms with Gasteiger partial charge in [-0.3, -0.25) is 4.79 Å². The fourth-order valence-corrected chi connectivity index (χ4v) is 9.73. The fraction of sp³-hybridized carbons (Fsp3) is 0.733. The number of carbonyl (C=O) groups is 2. The smallest absolute Gasteiger partial charge is 0.405 e. The van der Waals surface area contributed by atoms with Gasteiger partial charge in [-0.15, -0.1) is 0 Å². The highest BCUT2D eigenvalue weighted by Gasteiger charge is 2.63. The first-order valence-corrected chi connectivity index (χ1v) is 14.0. The van der Waals surface area contributed by atoms with Crippen molar-refractivity contribution in [2.45, 2.75) is 83.7 Å². The van der Waals surface area contributed by atoms with Crippen molar-refractivity contribution in [1.82, 2.24) is 0 Å². The zero-order chi connectivity index (χ0) is 25.7. The van der Waals surface area contributed by atoms with Gasteiger partial charge < -0.3 is 20.7 Å². The lowest BCUT2D eigenvalue weighted by Gasteiger charge is -2.62. The molecule has 0 bridgehead atoms. The third kappa shape index (κ3) is 4.04. The first kappa shape index (κ1) is 25.6. The summed E-state index contributed by atoms with van der Waals surface area (Å²) in [5.41, 5.74) is 6.06. The number of carbonyl (C=O) groups excluding carboxylic acids is 1. The average Bonchev–Trinajstić information content (AvgIpc) is 3.20. The van der Waals surface area contributed by atoms with Gasteiger partial charge in [0.2, 0.25) is 0 Å². The van der Waals surface area contributed by atoms with Crippen LogP contribution in [0.1, 0.15) is 77.2 Å². The van der Waals surface area contributed by atoms with E-state index in [4.69, 9.17) is 10.5 Å². The van der Waals surface area contributed by atoms with Gasteiger partial charge in [0.1, 0.15) is 5.60 Å². The van der Waals surface area contributed by atoms with Crippen molar-refractivity contribution in [3.63, 3.8) is 0 Å². The van der Waals surface area contributed by atoms with E-state index in [0.29, 0.717) is 36.5 Å². The van der Waals surface area contributed by atoms with E-state index in [9.17, 15) is 19.8 Å². The Morgan fingerprint density at radius 3 is 2.39 bits per heavy atom. The van der Waals surface area contributed by atoms with E-state index in [0.717, 1.165) is 56.9 Å². The molecular weight excluding hydrogens is 454 g/mol. The third-order valence-corrected chi connectivity index (χ3v) is 11.6. The lowest BCUT2D eigenvalue weighted by atomic mass is 9.43. The number of aliphatic hydroxyl groups is 1. The minimum Gasteiger partial charge on any atom is -0.481 e. The van der Waals surface area contributed by atoms with Gasteiger partial charge in [-0.2, -0.15) is 0 Å². The van der Waals surface area contributed by atoms with Crippen LogP contribution in [0.25, 0.3) is 0 Å². The predicted octanol–water partition coefficient (Wildman–Crippen LogP) is 5.42. The summed E-state index contributed by atoms with van der Waals surface area (Å²) in [6, 6.07) is 10.1. The number of nitrogens with two attached hydrogens (primary N) is 1. The van der Waals surface area contributed by atoms with Crippen LogP contribution in [-0.4, -0.2) is 34.5 Å². The van der Waals surface area contributed by atoms with E-state index in [1.54, 1.807) is 0 Å². The van der Waals surface area contributed by atoms with E-state index in [1.165, 1.54) is 0 Å². The van der Waals surface area contributed by atoms with Crippen LogP contribution in [0.15, 0.2) is 30.3 Å². The summed E-state index contributed by atoms with van der Waals surface area (Å²) in [7, 11) is 0. The van der Waals surface area contributed by atoms with Gasteiger partial charge in [-0.25, -0.2) is 4.79 Å². The van der Waals surface area contributed by atoms with Gasteiger partial charge in [-0.05, 0) is 104 Å². The minimum absolute atomic E-state index is 0.0470. The number of hydrogen-bond acceptors (Lipinski definition) is 4. The number of aliphatic carboxylic acids is 1. The molecule has 0 heterocycles. The van der Waals surface area contributed by atoms with Gasteiger partial charge in [0.05, 0.1) is 12.5 Å². The predicted molar refractivity (Wildman–Crippen MR) is 137 cm³/mol. The number of amides is 1. The number of fused-ring (bicyclic) bond motifs is 5. The van der Waals surface area contributed by atoms with Crippen molar-refractivity contribution in [1.29, 1.82) is 0 Å². The Balaban J connectivity index is 1.39. The standard InChI is InChI=1S/C30H43NO5/c1-28-14-15-30(36-27(31)35,21(18-32)16-19-6-4-3-5-7-19)17-20(28)8-9-22-23-10-11-25(26(33)34)29(23,2)13-12-24(22)28/h3-7,20-25,32H,8-18H2,1-2H3,(H2,31,35)(H,33,34)/t20?,21?,22-,23-,24-,25?,28-,29-,30?/m0/s1. The zero-order valence-electron chi connectivity index (χ0n) is 21.8. The molecule has 0 spiro atoms. The number of hydrogen-bond donors (Lipinski definition) is 3. The number of aliphatic hydroxyl groups excluding tert-OH is 1. The van der Waals surface area contributed by atoms with Crippen LogP contribution in [0.5, 0.6) is 0 Å². The summed E-state index contributed by atoms with van der Waals surface area (Å²) in [6.07, 6.45) is 8.42. The molecule has 4 aliphatic carbocycles. The number of rotatable bonds is 6. The summed E-state index contributed by atoms with van der Waals surface area (Å²) in [5.74, 6) is 1.03. The van der Waals surface area contributed by atoms with Crippen molar-refractivity contribution in [3.8, 4) is 0 Å². The van der Waals surface area contributed by atoms with Gasteiger partial charge in [0, 0.05) is 5.92 Å². The van der Waals surface area contributed by atoms with Gasteiger partial charge in [-0.1, -0.05) is 44.2 Å². The van der Waals surface area contributed by atoms with Crippen LogP contribution in [0.3, 0.4) is 0 Å². The van der Waals surface area contributed by atoms with Gasteiger partial charge >= 0.3 is 12.1 Å². The second-order valence-electron chi connectivity index (χ2n) is 12.9. The Morgan fingerprint density at radius 2 is 1.72 bits per heavy atom. The van der Waals surface area contributed by atoms with Crippen molar-refractivity contribution in [2.24, 2.45) is 52.1 Å². The molecule has 1 aromatic rings. The molecule has 1 aromatic carbocycles. The summed E-state index contributed by atoms with van der Waals surface area (Å²) in [4.78, 5) is 24.2. The van der Waals surface area contributed by atoms with Crippen molar-refractivity contribution < 1.29 is 24.5 Å². The van der Waals surface area contributed by atoms with E-state index in [1.807, 2.05) is 18.2 Å². The van der Waals surface area contributed by atoms with Gasteiger partial charge in [0.15, 0.2) is 0 Å². The summed E-state index contributed by atoms with van der Waals surface area (Å²) < 4.78 is 5.97. The molecule has 198 valence electrons. The molecule has 0 radical (unpaired) electrons. The highest BCUT2D eigenvalue weighted by Crippen LogP contribution is 2.68. The maximum Gasteiger partial charge on any atom is 0.405 e. The number of benzene rings is 1. The average molecular weight is 498 g/mol. The molecule has 6 nitrogen and oxygen atoms in total. The number of carboxylic acid groups (broad SMARTS) is 1. The number of primary amides is 1. The third-order valence-electron chi connectivity index (χ3n) is 11.6. The Bertz CT molecular complexity index is 983. The quantitative estimate of drug-likeness (QED) is 0.486. The first-order valence-electron chi connectivity index (χ1n) is 14.0. The molecule has 0 aliphatic heterocycles. The topological polar surface area (TPSA) is 110 Å². The molecule has 36 heavy (non-hydrogen) atoms. The SMILES string of the molecule is C[C@]12CCC(OC(N)=O)(C(CO)Cc3ccccc3)CC1CC[C@@H]1[C@@H]2CC[C@]2(C)C(C(=O)O)CC[C@@H]12. The minimum atomic E-state index is -0.752. The normalized spacial score (nSPS) is 42.5. The van der Waals surface area contributed by atoms with Crippen LogP contribution in [0.4, 0.5) is 4.79 Å². The Kier molecular flexibility index (Phi) is 6.63. The molecule has 0 saturated heterocycles. The Hall–Kier alpha value is -2.08. The molecular formula is C30H43NO5. The molecule has 4 N–H and O–H groups in total. The molecule has 4 saturated carbocycles. The van der Waals surface area contributed by atoms with E-state index >= 15 is 0 Å². The first-order chi connectivity index (χ1) is 17.1. The van der Waals surface area contributed by atoms with Crippen molar-refractivity contribution in [3.05, 3.63) is 35.9 Å². The molecule has 4 fully saturated rings. The lowest BCUT2D eigenvalue weighted by Crippen LogP contribution is -2.59. The maximum atomic E-state index is 12.1. The fourth-order valence-electron chi connectivity index (χ4n) is 9.73. The molecule has 9 atom stereocenters. The molecule has 4 unspecified atom stereocenters. The monoisotopic (exact) mass is 497 g/mol.